The highest BCUT2D eigenvalue weighted by Gasteiger charge is 2.26. The zero-order chi connectivity index (χ0) is 17.1. The van der Waals surface area contributed by atoms with Crippen molar-refractivity contribution in [2.75, 3.05) is 18.1 Å². The van der Waals surface area contributed by atoms with Gasteiger partial charge in [0.15, 0.2) is 0 Å². The Balaban J connectivity index is 2.14. The van der Waals surface area contributed by atoms with Crippen molar-refractivity contribution in [1.82, 2.24) is 9.88 Å². The van der Waals surface area contributed by atoms with Crippen molar-refractivity contribution < 1.29 is 4.79 Å². The summed E-state index contributed by atoms with van der Waals surface area (Å²) >= 11 is 3.38. The number of fused-ring (bicyclic) bond motifs is 1. The molecule has 3 rings (SSSR count). The minimum atomic E-state index is -0.0647. The summed E-state index contributed by atoms with van der Waals surface area (Å²) in [6.45, 7) is 5.70. The van der Waals surface area contributed by atoms with E-state index in [0.717, 1.165) is 32.1 Å². The van der Waals surface area contributed by atoms with Gasteiger partial charge in [-0.15, -0.1) is 23.1 Å². The van der Waals surface area contributed by atoms with E-state index in [1.807, 2.05) is 49.3 Å². The predicted octanol–water partition coefficient (Wildman–Crippen LogP) is 4.56. The monoisotopic (exact) mass is 357 g/mol. The first-order chi connectivity index (χ1) is 11.6. The Kier molecular flexibility index (Phi) is 5.06. The molecule has 1 atom stereocenters. The van der Waals surface area contributed by atoms with Crippen molar-refractivity contribution in [2.45, 2.75) is 12.3 Å². The Morgan fingerprint density at radius 3 is 3.08 bits per heavy atom. The van der Waals surface area contributed by atoms with Gasteiger partial charge in [-0.25, -0.2) is 0 Å². The molecule has 2 aromatic heterocycles. The van der Waals surface area contributed by atoms with Crippen LogP contribution in [0.1, 0.15) is 17.9 Å². The first-order valence-electron chi connectivity index (χ1n) is 7.58. The maximum Gasteiger partial charge on any atom is 0.221 e. The number of thiophene rings is 1. The second-order valence-electron chi connectivity index (χ2n) is 5.47. The molecule has 0 radical (unpaired) electrons. The number of carbonyl (C=O) groups excluding carboxylic acids is 1. The van der Waals surface area contributed by atoms with Crippen molar-refractivity contribution in [3.8, 4) is 0 Å². The molecule has 0 fully saturated rings. The fraction of sp³-hybridized carbons (Fsp3) is 0.222. The Morgan fingerprint density at radius 1 is 1.46 bits per heavy atom. The lowest BCUT2D eigenvalue weighted by atomic mass is 10.1. The van der Waals surface area contributed by atoms with E-state index in [9.17, 15) is 4.79 Å². The number of pyridine rings is 1. The number of carbonyl (C=O) groups is 1. The van der Waals surface area contributed by atoms with Crippen LogP contribution in [0.25, 0.3) is 10.1 Å². The predicted molar refractivity (Wildman–Crippen MR) is 104 cm³/mol. The van der Waals surface area contributed by atoms with E-state index in [1.165, 1.54) is 6.92 Å². The van der Waals surface area contributed by atoms with Gasteiger partial charge in [-0.05, 0) is 12.1 Å². The lowest BCUT2D eigenvalue weighted by Crippen LogP contribution is -2.21. The number of nitrogens with one attached hydrogen (secondary N) is 1. The molecular weight excluding hydrogens is 338 g/mol. The van der Waals surface area contributed by atoms with E-state index < -0.39 is 0 Å². The summed E-state index contributed by atoms with van der Waals surface area (Å²) in [5, 5.41) is 5.06. The van der Waals surface area contributed by atoms with Crippen LogP contribution in [0.4, 0.5) is 5.00 Å². The second-order valence-corrected chi connectivity index (χ2v) is 7.64. The number of thioether (sulfide) groups is 1. The topological polar surface area (TPSA) is 45.2 Å². The second kappa shape index (κ2) is 7.23. The van der Waals surface area contributed by atoms with Crippen LogP contribution in [-0.2, 0) is 4.79 Å². The Hall–Kier alpha value is -2.05. The molecule has 0 bridgehead atoms. The first-order valence-corrected chi connectivity index (χ1v) is 9.45. The number of hydrogen-bond acceptors (Lipinski definition) is 5. The highest BCUT2D eigenvalue weighted by atomic mass is 32.2. The van der Waals surface area contributed by atoms with Gasteiger partial charge in [0.25, 0.3) is 0 Å². The van der Waals surface area contributed by atoms with Crippen LogP contribution in [0.2, 0.25) is 0 Å². The third-order valence-corrected chi connectivity index (χ3v) is 6.08. The van der Waals surface area contributed by atoms with E-state index in [1.54, 1.807) is 17.5 Å². The molecule has 0 aliphatic carbocycles. The summed E-state index contributed by atoms with van der Waals surface area (Å²) in [4.78, 5) is 18.0. The van der Waals surface area contributed by atoms with E-state index in [4.69, 9.17) is 0 Å². The van der Waals surface area contributed by atoms with Crippen molar-refractivity contribution in [3.05, 3.63) is 60.6 Å². The van der Waals surface area contributed by atoms with Gasteiger partial charge >= 0.3 is 0 Å². The zero-order valence-electron chi connectivity index (χ0n) is 13.7. The lowest BCUT2D eigenvalue weighted by Gasteiger charge is -2.30. The summed E-state index contributed by atoms with van der Waals surface area (Å²) in [5.74, 6) is 0.819. The molecule has 0 saturated carbocycles. The average molecular weight is 358 g/mol. The number of anilines is 1. The van der Waals surface area contributed by atoms with Gasteiger partial charge in [0.1, 0.15) is 10.4 Å². The van der Waals surface area contributed by atoms with Gasteiger partial charge in [0.05, 0.1) is 4.70 Å². The van der Waals surface area contributed by atoms with Crippen LogP contribution in [-0.4, -0.2) is 28.6 Å². The van der Waals surface area contributed by atoms with Crippen LogP contribution in [0.15, 0.2) is 55.0 Å². The van der Waals surface area contributed by atoms with E-state index in [0.29, 0.717) is 0 Å². The molecule has 24 heavy (non-hydrogen) atoms. The number of hydrogen-bond donors (Lipinski definition) is 1. The molecule has 3 heterocycles. The molecule has 1 amide bonds. The molecule has 124 valence electrons. The molecule has 0 spiro atoms. The van der Waals surface area contributed by atoms with E-state index >= 15 is 0 Å². The van der Waals surface area contributed by atoms with Gasteiger partial charge in [-0.3, -0.25) is 9.78 Å². The largest absolute Gasteiger partial charge is 0.359 e. The van der Waals surface area contributed by atoms with Gasteiger partial charge < -0.3 is 10.2 Å². The normalized spacial score (nSPS) is 18.3. The third-order valence-electron chi connectivity index (χ3n) is 3.76. The number of nitrogens with zero attached hydrogens (tertiary/aromatic N) is 2. The van der Waals surface area contributed by atoms with Crippen molar-refractivity contribution in [1.29, 1.82) is 0 Å². The maximum absolute atomic E-state index is 11.7. The summed E-state index contributed by atoms with van der Waals surface area (Å²) in [6, 6.07) is 2.02. The zero-order valence-corrected chi connectivity index (χ0v) is 15.3. The smallest absolute Gasteiger partial charge is 0.221 e. The van der Waals surface area contributed by atoms with Gasteiger partial charge in [0, 0.05) is 48.8 Å². The molecule has 1 unspecified atom stereocenters. The fourth-order valence-electron chi connectivity index (χ4n) is 2.57. The highest BCUT2D eigenvalue weighted by molar-refractivity contribution is 7.99. The average Bonchev–Trinajstić information content (AvgIpc) is 2.92. The van der Waals surface area contributed by atoms with Gasteiger partial charge in [0.2, 0.25) is 5.91 Å². The number of aromatic nitrogens is 1. The molecular formula is C18H19N3OS2. The van der Waals surface area contributed by atoms with E-state index in [-0.39, 0.29) is 11.3 Å². The number of allylic oxidation sites excluding steroid dienone is 3. The van der Waals surface area contributed by atoms with Crippen LogP contribution in [0, 0.1) is 0 Å². The van der Waals surface area contributed by atoms with Crippen molar-refractivity contribution >= 4 is 44.1 Å². The first kappa shape index (κ1) is 16.8. The Bertz CT molecular complexity index is 838. The van der Waals surface area contributed by atoms with Crippen LogP contribution in [0.3, 0.4) is 0 Å². The number of amides is 1. The molecule has 1 N–H and O–H groups in total. The van der Waals surface area contributed by atoms with Crippen molar-refractivity contribution in [3.63, 3.8) is 0 Å². The number of likely N-dealkylation sites (N-methyl/N-ethyl adjacent to an activating group) is 1. The summed E-state index contributed by atoms with van der Waals surface area (Å²) in [6.07, 6.45) is 11.8. The summed E-state index contributed by atoms with van der Waals surface area (Å²) in [5.41, 5.74) is 2.05. The molecule has 1 aliphatic heterocycles. The quantitative estimate of drug-likeness (QED) is 0.856. The molecule has 6 heteroatoms. The van der Waals surface area contributed by atoms with Crippen LogP contribution >= 0.6 is 23.1 Å². The van der Waals surface area contributed by atoms with Gasteiger partial charge in [-0.1, -0.05) is 24.8 Å². The standard InChI is InChI=1S/C18H19N3OS2/c1-12-7-5-4-6-10-23-18(21(12)3)16-14-8-9-19-11-15(14)24-17(16)20-13(2)22/h4-9,11,18H,1,10H2,2-3H3,(H,20,22). The van der Waals surface area contributed by atoms with Gasteiger partial charge in [-0.2, -0.15) is 0 Å². The number of rotatable bonds is 2. The minimum Gasteiger partial charge on any atom is -0.359 e. The van der Waals surface area contributed by atoms with Crippen molar-refractivity contribution in [2.24, 2.45) is 0 Å². The Morgan fingerprint density at radius 2 is 2.29 bits per heavy atom. The molecule has 0 aromatic carbocycles. The molecule has 1 aliphatic rings. The third kappa shape index (κ3) is 3.39. The fourth-order valence-corrected chi connectivity index (χ4v) is 4.97. The molecule has 4 nitrogen and oxygen atoms in total. The summed E-state index contributed by atoms with van der Waals surface area (Å²) in [7, 11) is 2.04. The Labute approximate surface area is 150 Å². The van der Waals surface area contributed by atoms with E-state index in [2.05, 4.69) is 27.9 Å². The maximum atomic E-state index is 11.7. The SMILES string of the molecule is C=C1C=CC=CCSC(c2c(NC(C)=O)sc3cnccc23)N1C. The molecule has 2 aromatic rings. The van der Waals surface area contributed by atoms with Crippen LogP contribution < -0.4 is 5.32 Å². The molecule has 0 saturated heterocycles. The van der Waals surface area contributed by atoms with Crippen LogP contribution in [0.5, 0.6) is 0 Å². The lowest BCUT2D eigenvalue weighted by molar-refractivity contribution is -0.114. The summed E-state index contributed by atoms with van der Waals surface area (Å²) < 4.78 is 1.07. The highest BCUT2D eigenvalue weighted by Crippen LogP contribution is 2.46. The minimum absolute atomic E-state index is 0.0582.